The minimum absolute atomic E-state index is 0.193. The Labute approximate surface area is 197 Å². The zero-order chi connectivity index (χ0) is 23.5. The number of nitrogens with zero attached hydrogens (tertiary/aromatic N) is 1. The molecule has 5 rings (SSSR count). The van der Waals surface area contributed by atoms with Gasteiger partial charge in [0.1, 0.15) is 0 Å². The summed E-state index contributed by atoms with van der Waals surface area (Å²) in [6, 6.07) is 27.2. The van der Waals surface area contributed by atoms with E-state index in [2.05, 4.69) is 15.6 Å². The lowest BCUT2D eigenvalue weighted by Gasteiger charge is -2.16. The lowest BCUT2D eigenvalue weighted by molar-refractivity contribution is -0.110. The van der Waals surface area contributed by atoms with Crippen molar-refractivity contribution in [3.8, 4) is 22.8 Å². The van der Waals surface area contributed by atoms with E-state index in [1.165, 1.54) is 0 Å². The van der Waals surface area contributed by atoms with E-state index in [9.17, 15) is 4.79 Å². The number of carbonyl (C=O) groups is 1. The molecule has 0 saturated heterocycles. The molecule has 1 amide bonds. The molecule has 0 radical (unpaired) electrons. The predicted molar refractivity (Wildman–Crippen MR) is 135 cm³/mol. The number of carbonyl (C=O) groups excluding carboxylic acids is 1. The number of ether oxygens (including phenoxy) is 2. The first-order valence-corrected chi connectivity index (χ1v) is 10.8. The van der Waals surface area contributed by atoms with Gasteiger partial charge in [0, 0.05) is 29.1 Å². The first-order valence-electron chi connectivity index (χ1n) is 10.8. The fourth-order valence-electron chi connectivity index (χ4n) is 4.03. The third-order valence-corrected chi connectivity index (χ3v) is 5.70. The Morgan fingerprint density at radius 2 is 1.56 bits per heavy atom. The van der Waals surface area contributed by atoms with Crippen LogP contribution in [0.4, 0.5) is 11.4 Å². The molecule has 3 aromatic carbocycles. The molecule has 0 atom stereocenters. The Balaban J connectivity index is 1.60. The highest BCUT2D eigenvalue weighted by Gasteiger charge is 2.30. The fraction of sp³-hybridized carbons (Fsp3) is 0.0714. The number of amides is 1. The lowest BCUT2D eigenvalue weighted by atomic mass is 9.99. The lowest BCUT2D eigenvalue weighted by Crippen LogP contribution is -2.10. The van der Waals surface area contributed by atoms with Crippen LogP contribution in [0.25, 0.3) is 22.5 Å². The smallest absolute Gasteiger partial charge is 0.258 e. The van der Waals surface area contributed by atoms with Crippen LogP contribution in [0.1, 0.15) is 11.1 Å². The summed E-state index contributed by atoms with van der Waals surface area (Å²) in [6.07, 6.45) is 1.78. The maximum Gasteiger partial charge on any atom is 0.258 e. The molecule has 168 valence electrons. The molecule has 0 unspecified atom stereocenters. The number of fused-ring (bicyclic) bond motifs is 1. The van der Waals surface area contributed by atoms with Gasteiger partial charge in [0.15, 0.2) is 11.5 Å². The summed E-state index contributed by atoms with van der Waals surface area (Å²) in [5, 5.41) is 6.44. The second-order valence-corrected chi connectivity index (χ2v) is 7.74. The van der Waals surface area contributed by atoms with E-state index in [4.69, 9.17) is 9.47 Å². The predicted octanol–water partition coefficient (Wildman–Crippen LogP) is 5.70. The maximum absolute atomic E-state index is 13.2. The third-order valence-electron chi connectivity index (χ3n) is 5.70. The monoisotopic (exact) mass is 449 g/mol. The highest BCUT2D eigenvalue weighted by Crippen LogP contribution is 2.43. The van der Waals surface area contributed by atoms with Crippen molar-refractivity contribution in [2.45, 2.75) is 0 Å². The molecule has 0 spiro atoms. The first kappa shape index (κ1) is 21.3. The van der Waals surface area contributed by atoms with Crippen molar-refractivity contribution in [3.63, 3.8) is 0 Å². The number of hydrogen-bond acceptors (Lipinski definition) is 5. The molecule has 6 nitrogen and oxygen atoms in total. The fourth-order valence-corrected chi connectivity index (χ4v) is 4.03. The van der Waals surface area contributed by atoms with Gasteiger partial charge < -0.3 is 20.1 Å². The van der Waals surface area contributed by atoms with Gasteiger partial charge in [-0.05, 0) is 35.9 Å². The van der Waals surface area contributed by atoms with E-state index in [0.717, 1.165) is 28.1 Å². The van der Waals surface area contributed by atoms with Crippen molar-refractivity contribution >= 4 is 28.6 Å². The molecular formula is C28H23N3O3. The number of benzene rings is 3. The van der Waals surface area contributed by atoms with Crippen molar-refractivity contribution in [2.24, 2.45) is 0 Å². The van der Waals surface area contributed by atoms with Crippen molar-refractivity contribution in [1.29, 1.82) is 0 Å². The van der Waals surface area contributed by atoms with Crippen molar-refractivity contribution in [2.75, 3.05) is 24.9 Å². The standard InChI is InChI=1S/C28H23N3O3/c1-33-24-16-21-23(17-25(24)34-2)31-28(32)26(21)27(19-8-4-3-5-9-19)30-20-13-11-18(12-14-20)22-10-6-7-15-29-22/h3-17,30H,1-2H3,(H,31,32)/b27-26-. The Morgan fingerprint density at radius 3 is 2.24 bits per heavy atom. The summed E-state index contributed by atoms with van der Waals surface area (Å²) >= 11 is 0. The molecule has 4 aromatic rings. The number of nitrogens with one attached hydrogen (secondary N) is 2. The van der Waals surface area contributed by atoms with Crippen molar-refractivity contribution < 1.29 is 14.3 Å². The van der Waals surface area contributed by atoms with E-state index in [1.54, 1.807) is 26.5 Å². The van der Waals surface area contributed by atoms with E-state index < -0.39 is 0 Å². The number of methoxy groups -OCH3 is 2. The minimum atomic E-state index is -0.193. The van der Waals surface area contributed by atoms with Gasteiger partial charge in [-0.25, -0.2) is 0 Å². The molecule has 6 heteroatoms. The summed E-state index contributed by atoms with van der Waals surface area (Å²) in [7, 11) is 3.15. The molecule has 1 aliphatic rings. The number of hydrogen-bond donors (Lipinski definition) is 2. The number of aromatic nitrogens is 1. The van der Waals surface area contributed by atoms with Crippen LogP contribution in [-0.2, 0) is 4.79 Å². The van der Waals surface area contributed by atoms with Crippen LogP contribution in [0.2, 0.25) is 0 Å². The quantitative estimate of drug-likeness (QED) is 0.370. The molecule has 2 heterocycles. The Bertz CT molecular complexity index is 1370. The van der Waals surface area contributed by atoms with Gasteiger partial charge >= 0.3 is 0 Å². The second kappa shape index (κ2) is 9.11. The molecule has 1 aromatic heterocycles. The molecular weight excluding hydrogens is 426 g/mol. The average molecular weight is 450 g/mol. The summed E-state index contributed by atoms with van der Waals surface area (Å²) in [4.78, 5) is 17.6. The summed E-state index contributed by atoms with van der Waals surface area (Å²) < 4.78 is 10.9. The van der Waals surface area contributed by atoms with Crippen LogP contribution < -0.4 is 20.1 Å². The van der Waals surface area contributed by atoms with E-state index in [0.29, 0.717) is 28.5 Å². The van der Waals surface area contributed by atoms with Gasteiger partial charge in [-0.3, -0.25) is 9.78 Å². The minimum Gasteiger partial charge on any atom is -0.493 e. The average Bonchev–Trinajstić information content (AvgIpc) is 3.22. The van der Waals surface area contributed by atoms with Gasteiger partial charge in [0.05, 0.1) is 36.9 Å². The van der Waals surface area contributed by atoms with Crippen LogP contribution in [-0.4, -0.2) is 25.1 Å². The first-order chi connectivity index (χ1) is 16.7. The summed E-state index contributed by atoms with van der Waals surface area (Å²) in [6.45, 7) is 0. The molecule has 1 aliphatic heterocycles. The van der Waals surface area contributed by atoms with Crippen LogP contribution in [0.3, 0.4) is 0 Å². The van der Waals surface area contributed by atoms with E-state index >= 15 is 0 Å². The van der Waals surface area contributed by atoms with Gasteiger partial charge in [-0.2, -0.15) is 0 Å². The molecule has 2 N–H and O–H groups in total. The highest BCUT2D eigenvalue weighted by molar-refractivity contribution is 6.37. The second-order valence-electron chi connectivity index (χ2n) is 7.74. The van der Waals surface area contributed by atoms with Gasteiger partial charge in [0.2, 0.25) is 0 Å². The molecule has 0 aliphatic carbocycles. The Morgan fingerprint density at radius 1 is 0.853 bits per heavy atom. The highest BCUT2D eigenvalue weighted by atomic mass is 16.5. The maximum atomic E-state index is 13.2. The van der Waals surface area contributed by atoms with E-state index in [-0.39, 0.29) is 5.91 Å². The number of anilines is 2. The third kappa shape index (κ3) is 3.97. The van der Waals surface area contributed by atoms with E-state index in [1.807, 2.05) is 78.9 Å². The van der Waals surface area contributed by atoms with Crippen LogP contribution in [0.5, 0.6) is 11.5 Å². The van der Waals surface area contributed by atoms with Crippen molar-refractivity contribution in [3.05, 3.63) is 102 Å². The number of pyridine rings is 1. The van der Waals surface area contributed by atoms with Gasteiger partial charge in [-0.1, -0.05) is 48.5 Å². The zero-order valence-electron chi connectivity index (χ0n) is 18.8. The normalized spacial score (nSPS) is 13.6. The summed E-state index contributed by atoms with van der Waals surface area (Å²) in [5.74, 6) is 0.922. The Kier molecular flexibility index (Phi) is 5.70. The van der Waals surface area contributed by atoms with Gasteiger partial charge in [-0.15, -0.1) is 0 Å². The molecule has 0 fully saturated rings. The van der Waals surface area contributed by atoms with Crippen LogP contribution >= 0.6 is 0 Å². The Hall–Kier alpha value is -4.58. The largest absolute Gasteiger partial charge is 0.493 e. The van der Waals surface area contributed by atoms with Gasteiger partial charge in [0.25, 0.3) is 5.91 Å². The SMILES string of the molecule is COc1cc2c(cc1OC)/C(=C(/Nc1ccc(-c3ccccn3)cc1)c1ccccc1)C(=O)N2. The number of rotatable bonds is 6. The molecule has 0 bridgehead atoms. The van der Waals surface area contributed by atoms with Crippen LogP contribution in [0, 0.1) is 0 Å². The van der Waals surface area contributed by atoms with Crippen LogP contribution in [0.15, 0.2) is 91.1 Å². The zero-order valence-corrected chi connectivity index (χ0v) is 18.8. The molecule has 34 heavy (non-hydrogen) atoms. The van der Waals surface area contributed by atoms with Crippen molar-refractivity contribution in [1.82, 2.24) is 4.98 Å². The summed E-state index contributed by atoms with van der Waals surface area (Å²) in [5.41, 5.74) is 6.33. The molecule has 0 saturated carbocycles. The topological polar surface area (TPSA) is 72.5 Å².